The summed E-state index contributed by atoms with van der Waals surface area (Å²) in [5, 5.41) is -0.407. The van der Waals surface area contributed by atoms with Gasteiger partial charge < -0.3 is 0 Å². The van der Waals surface area contributed by atoms with Crippen molar-refractivity contribution in [2.45, 2.75) is 78.4 Å². The number of carbonyl (C=O) groups is 1. The predicted molar refractivity (Wildman–Crippen MR) is 81.1 cm³/mol. The number of sulfone groups is 1. The van der Waals surface area contributed by atoms with Crippen LogP contribution in [0.3, 0.4) is 0 Å². The van der Waals surface area contributed by atoms with Crippen LogP contribution >= 0.6 is 0 Å². The summed E-state index contributed by atoms with van der Waals surface area (Å²) in [6, 6.07) is 0. The van der Waals surface area contributed by atoms with Crippen molar-refractivity contribution in [1.82, 2.24) is 0 Å². The van der Waals surface area contributed by atoms with Crippen LogP contribution in [0.25, 0.3) is 0 Å². The molecule has 0 aromatic rings. The summed E-state index contributed by atoms with van der Waals surface area (Å²) in [6.07, 6.45) is 4.35. The Bertz CT molecular complexity index is 363. The highest BCUT2D eigenvalue weighted by molar-refractivity contribution is 7.92. The van der Waals surface area contributed by atoms with Crippen LogP contribution in [0.5, 0.6) is 0 Å². The van der Waals surface area contributed by atoms with Crippen molar-refractivity contribution in [3.63, 3.8) is 0 Å². The molecule has 0 bridgehead atoms. The Labute approximate surface area is 119 Å². The van der Waals surface area contributed by atoms with Gasteiger partial charge in [0.2, 0.25) is 0 Å². The summed E-state index contributed by atoms with van der Waals surface area (Å²) >= 11 is 0. The van der Waals surface area contributed by atoms with Gasteiger partial charge in [0.15, 0.2) is 9.84 Å². The van der Waals surface area contributed by atoms with Gasteiger partial charge in [0.1, 0.15) is 5.78 Å². The van der Waals surface area contributed by atoms with E-state index in [1.807, 2.05) is 20.8 Å². The second kappa shape index (κ2) is 8.03. The Morgan fingerprint density at radius 1 is 1.00 bits per heavy atom. The van der Waals surface area contributed by atoms with E-state index in [9.17, 15) is 13.2 Å². The van der Waals surface area contributed by atoms with Gasteiger partial charge in [0.05, 0.1) is 11.0 Å². The van der Waals surface area contributed by atoms with Crippen molar-refractivity contribution in [2.75, 3.05) is 5.75 Å². The molecule has 0 aliphatic rings. The minimum atomic E-state index is -3.18. The molecule has 4 heteroatoms. The maximum atomic E-state index is 12.5. The van der Waals surface area contributed by atoms with Crippen molar-refractivity contribution >= 4 is 15.6 Å². The van der Waals surface area contributed by atoms with E-state index in [1.165, 1.54) is 0 Å². The van der Waals surface area contributed by atoms with Gasteiger partial charge in [-0.2, -0.15) is 0 Å². The average Bonchev–Trinajstić information content (AvgIpc) is 2.29. The molecule has 0 unspecified atom stereocenters. The summed E-state index contributed by atoms with van der Waals surface area (Å²) in [4.78, 5) is 12.5. The molecular formula is C15H30O3S. The van der Waals surface area contributed by atoms with Crippen molar-refractivity contribution in [3.8, 4) is 0 Å². The normalized spacial score (nSPS) is 12.9. The van der Waals surface area contributed by atoms with E-state index in [-0.39, 0.29) is 11.5 Å². The molecule has 0 aromatic heterocycles. The van der Waals surface area contributed by atoms with Gasteiger partial charge in [-0.25, -0.2) is 8.42 Å². The number of Topliss-reactive ketones (excluding diaryl/α,β-unsaturated/α-hetero) is 1. The Balaban J connectivity index is 5.40. The van der Waals surface area contributed by atoms with Gasteiger partial charge in [0.25, 0.3) is 0 Å². The van der Waals surface area contributed by atoms with E-state index in [4.69, 9.17) is 0 Å². The van der Waals surface area contributed by atoms with Crippen LogP contribution in [0.15, 0.2) is 0 Å². The molecule has 0 rings (SSSR count). The average molecular weight is 290 g/mol. The van der Waals surface area contributed by atoms with Crippen LogP contribution < -0.4 is 0 Å². The fourth-order valence-corrected chi connectivity index (χ4v) is 4.18. The fourth-order valence-electron chi connectivity index (χ4n) is 2.63. The van der Waals surface area contributed by atoms with Gasteiger partial charge in [-0.15, -0.1) is 0 Å². The first kappa shape index (κ1) is 18.6. The number of hydrogen-bond acceptors (Lipinski definition) is 3. The van der Waals surface area contributed by atoms with E-state index < -0.39 is 20.5 Å². The maximum Gasteiger partial charge on any atom is 0.153 e. The fraction of sp³-hybridized carbons (Fsp3) is 0.933. The molecule has 19 heavy (non-hydrogen) atoms. The zero-order valence-electron chi connectivity index (χ0n) is 13.2. The molecule has 0 radical (unpaired) electrons. The molecular weight excluding hydrogens is 260 g/mol. The quantitative estimate of drug-likeness (QED) is 0.615. The minimum Gasteiger partial charge on any atom is -0.299 e. The third kappa shape index (κ3) is 5.25. The van der Waals surface area contributed by atoms with Gasteiger partial charge in [-0.1, -0.05) is 33.6 Å². The topological polar surface area (TPSA) is 51.2 Å². The van der Waals surface area contributed by atoms with E-state index in [2.05, 4.69) is 0 Å². The highest BCUT2D eigenvalue weighted by atomic mass is 32.2. The number of carbonyl (C=O) groups excluding carboxylic acids is 1. The second-order valence-electron chi connectivity index (χ2n) is 5.81. The van der Waals surface area contributed by atoms with Gasteiger partial charge in [-0.3, -0.25) is 4.79 Å². The van der Waals surface area contributed by atoms with Crippen LogP contribution in [0.4, 0.5) is 0 Å². The molecule has 0 aromatic carbocycles. The van der Waals surface area contributed by atoms with Gasteiger partial charge >= 0.3 is 0 Å². The molecule has 0 fully saturated rings. The maximum absolute atomic E-state index is 12.5. The number of ketones is 1. The Morgan fingerprint density at radius 3 is 1.79 bits per heavy atom. The van der Waals surface area contributed by atoms with Crippen molar-refractivity contribution in [2.24, 2.45) is 5.41 Å². The predicted octanol–water partition coefficient (Wildman–Crippen LogP) is 3.77. The largest absolute Gasteiger partial charge is 0.299 e. The zero-order chi connectivity index (χ0) is 15.1. The molecule has 3 nitrogen and oxygen atoms in total. The number of rotatable bonds is 10. The molecule has 0 spiro atoms. The van der Waals surface area contributed by atoms with Crippen LogP contribution in [0.2, 0.25) is 0 Å². The molecule has 0 N–H and O–H groups in total. The lowest BCUT2D eigenvalue weighted by molar-refractivity contribution is -0.128. The van der Waals surface area contributed by atoms with Crippen LogP contribution in [-0.4, -0.2) is 25.2 Å². The molecule has 114 valence electrons. The van der Waals surface area contributed by atoms with E-state index >= 15 is 0 Å². The van der Waals surface area contributed by atoms with Crippen LogP contribution in [-0.2, 0) is 14.6 Å². The lowest BCUT2D eigenvalue weighted by atomic mass is 9.76. The van der Waals surface area contributed by atoms with E-state index in [0.29, 0.717) is 19.3 Å². The first-order chi connectivity index (χ1) is 8.75. The minimum absolute atomic E-state index is 0.0260. The molecule has 0 atom stereocenters. The molecule has 0 aliphatic carbocycles. The van der Waals surface area contributed by atoms with E-state index in [0.717, 1.165) is 19.3 Å². The zero-order valence-corrected chi connectivity index (χ0v) is 14.0. The van der Waals surface area contributed by atoms with Crippen LogP contribution in [0, 0.1) is 5.41 Å². The molecule has 0 saturated carbocycles. The van der Waals surface area contributed by atoms with Crippen LogP contribution in [0.1, 0.15) is 73.1 Å². The van der Waals surface area contributed by atoms with Crippen molar-refractivity contribution in [3.05, 3.63) is 0 Å². The third-order valence-electron chi connectivity index (χ3n) is 3.72. The summed E-state index contributed by atoms with van der Waals surface area (Å²) in [5.74, 6) is 0.168. The molecule has 0 aliphatic heterocycles. The summed E-state index contributed by atoms with van der Waals surface area (Å²) < 4.78 is 24.5. The standard InChI is InChI=1S/C15H30O3S/c1-6-9-14(16)15(10-7-2,11-8-3)12-19(17,18)13(4)5/h13H,6-12H2,1-5H3. The van der Waals surface area contributed by atoms with Crippen molar-refractivity contribution < 1.29 is 13.2 Å². The monoisotopic (exact) mass is 290 g/mol. The molecule has 0 heterocycles. The second-order valence-corrected chi connectivity index (χ2v) is 8.37. The highest BCUT2D eigenvalue weighted by Crippen LogP contribution is 2.35. The molecule has 0 saturated heterocycles. The Morgan fingerprint density at radius 2 is 1.47 bits per heavy atom. The lowest BCUT2D eigenvalue weighted by Crippen LogP contribution is -2.40. The summed E-state index contributed by atoms with van der Waals surface area (Å²) in [5.41, 5.74) is -0.650. The van der Waals surface area contributed by atoms with Crippen molar-refractivity contribution in [1.29, 1.82) is 0 Å². The summed E-state index contributed by atoms with van der Waals surface area (Å²) in [6.45, 7) is 9.40. The van der Waals surface area contributed by atoms with Gasteiger partial charge in [0, 0.05) is 11.8 Å². The number of hydrogen-bond donors (Lipinski definition) is 0. The smallest absolute Gasteiger partial charge is 0.153 e. The highest BCUT2D eigenvalue weighted by Gasteiger charge is 2.40. The Hall–Kier alpha value is -0.380. The SMILES string of the molecule is CCCC(=O)C(CCC)(CCC)CS(=O)(=O)C(C)C. The Kier molecular flexibility index (Phi) is 7.87. The summed E-state index contributed by atoms with van der Waals surface area (Å²) in [7, 11) is -3.18. The lowest BCUT2D eigenvalue weighted by Gasteiger charge is -2.32. The van der Waals surface area contributed by atoms with E-state index in [1.54, 1.807) is 13.8 Å². The van der Waals surface area contributed by atoms with Gasteiger partial charge in [-0.05, 0) is 33.1 Å². The first-order valence-electron chi connectivity index (χ1n) is 7.50. The molecule has 0 amide bonds. The third-order valence-corrected chi connectivity index (χ3v) is 6.11. The first-order valence-corrected chi connectivity index (χ1v) is 9.22.